The highest BCUT2D eigenvalue weighted by molar-refractivity contribution is 5.75. The molecule has 2 rings (SSSR count). The van der Waals surface area contributed by atoms with Crippen LogP contribution in [0, 0.1) is 17.2 Å². The molecule has 1 saturated heterocycles. The molecule has 1 aliphatic rings. The number of carboxylic acid groups (broad SMARTS) is 1. The minimum Gasteiger partial charge on any atom is -0.481 e. The summed E-state index contributed by atoms with van der Waals surface area (Å²) in [5, 5.41) is 20.6. The van der Waals surface area contributed by atoms with Crippen LogP contribution in [0.5, 0.6) is 0 Å². The summed E-state index contributed by atoms with van der Waals surface area (Å²) in [4.78, 5) is 24.8. The molecule has 1 aromatic rings. The Morgan fingerprint density at radius 1 is 1.32 bits per heavy atom. The number of nitrogens with zero attached hydrogens (tertiary/aromatic N) is 2. The van der Waals surface area contributed by atoms with Gasteiger partial charge in [-0.1, -0.05) is 12.1 Å². The van der Waals surface area contributed by atoms with Crippen LogP contribution in [0.15, 0.2) is 24.3 Å². The number of amides is 2. The normalized spacial score (nSPS) is 16.6. The highest BCUT2D eigenvalue weighted by Gasteiger charge is 2.27. The van der Waals surface area contributed by atoms with Crippen molar-refractivity contribution < 1.29 is 14.7 Å². The van der Waals surface area contributed by atoms with Crippen molar-refractivity contribution in [3.63, 3.8) is 0 Å². The Morgan fingerprint density at radius 3 is 2.41 bits per heavy atom. The molecule has 2 N–H and O–H groups in total. The third kappa shape index (κ3) is 3.76. The molecule has 2 amide bonds. The summed E-state index contributed by atoms with van der Waals surface area (Å²) in [6.45, 7) is 2.80. The predicted molar refractivity (Wildman–Crippen MR) is 80.0 cm³/mol. The summed E-state index contributed by atoms with van der Waals surface area (Å²) in [7, 11) is 0. The van der Waals surface area contributed by atoms with Crippen LogP contribution >= 0.6 is 0 Å². The molecule has 1 aromatic carbocycles. The molecule has 116 valence electrons. The molecule has 1 atom stereocenters. The first-order chi connectivity index (χ1) is 10.5. The minimum atomic E-state index is -0.786. The molecule has 0 spiro atoms. The van der Waals surface area contributed by atoms with Gasteiger partial charge in [0.25, 0.3) is 0 Å². The zero-order valence-electron chi connectivity index (χ0n) is 12.5. The monoisotopic (exact) mass is 301 g/mol. The zero-order chi connectivity index (χ0) is 16.1. The molecule has 1 heterocycles. The van der Waals surface area contributed by atoms with Crippen LogP contribution in [-0.4, -0.2) is 35.1 Å². The molecule has 0 aromatic heterocycles. The number of nitrogens with one attached hydrogen (secondary N) is 1. The number of carbonyl (C=O) groups excluding carboxylic acids is 1. The quantitative estimate of drug-likeness (QED) is 0.894. The van der Waals surface area contributed by atoms with E-state index in [1.165, 1.54) is 0 Å². The number of carbonyl (C=O) groups is 2. The summed E-state index contributed by atoms with van der Waals surface area (Å²) >= 11 is 0. The van der Waals surface area contributed by atoms with E-state index >= 15 is 0 Å². The summed E-state index contributed by atoms with van der Waals surface area (Å²) in [5.41, 5.74) is 1.51. The number of nitriles is 1. The lowest BCUT2D eigenvalue weighted by molar-refractivity contribution is -0.143. The second kappa shape index (κ2) is 6.94. The number of benzene rings is 1. The maximum atomic E-state index is 12.2. The lowest BCUT2D eigenvalue weighted by Crippen LogP contribution is -2.46. The number of piperidine rings is 1. The van der Waals surface area contributed by atoms with E-state index in [4.69, 9.17) is 10.4 Å². The Kier molecular flexibility index (Phi) is 4.99. The number of rotatable bonds is 3. The summed E-state index contributed by atoms with van der Waals surface area (Å²) in [6.07, 6.45) is 0.988. The van der Waals surface area contributed by atoms with Gasteiger partial charge in [-0.25, -0.2) is 4.79 Å². The van der Waals surface area contributed by atoms with Crippen molar-refractivity contribution in [3.8, 4) is 6.07 Å². The van der Waals surface area contributed by atoms with E-state index in [9.17, 15) is 9.59 Å². The molecule has 6 nitrogen and oxygen atoms in total. The molecule has 22 heavy (non-hydrogen) atoms. The fourth-order valence-electron chi connectivity index (χ4n) is 2.54. The van der Waals surface area contributed by atoms with Crippen LogP contribution in [0.1, 0.15) is 36.9 Å². The van der Waals surface area contributed by atoms with Gasteiger partial charge >= 0.3 is 12.0 Å². The van der Waals surface area contributed by atoms with Gasteiger partial charge in [0.15, 0.2) is 0 Å². The van der Waals surface area contributed by atoms with Gasteiger partial charge in [-0.3, -0.25) is 4.79 Å². The van der Waals surface area contributed by atoms with Crippen LogP contribution in [0.2, 0.25) is 0 Å². The van der Waals surface area contributed by atoms with E-state index in [1.54, 1.807) is 17.0 Å². The van der Waals surface area contributed by atoms with E-state index in [0.29, 0.717) is 31.5 Å². The topological polar surface area (TPSA) is 93.4 Å². The van der Waals surface area contributed by atoms with Gasteiger partial charge in [0.1, 0.15) is 0 Å². The van der Waals surface area contributed by atoms with Gasteiger partial charge in [-0.15, -0.1) is 0 Å². The van der Waals surface area contributed by atoms with Crippen LogP contribution in [0.4, 0.5) is 4.79 Å². The van der Waals surface area contributed by atoms with Crippen molar-refractivity contribution in [1.82, 2.24) is 10.2 Å². The first-order valence-electron chi connectivity index (χ1n) is 7.29. The van der Waals surface area contributed by atoms with Crippen LogP contribution in [0.25, 0.3) is 0 Å². The predicted octanol–water partition coefficient (Wildman–Crippen LogP) is 2.13. The van der Waals surface area contributed by atoms with Crippen LogP contribution in [-0.2, 0) is 4.79 Å². The van der Waals surface area contributed by atoms with E-state index in [0.717, 1.165) is 5.56 Å². The van der Waals surface area contributed by atoms with Crippen molar-refractivity contribution in [3.05, 3.63) is 35.4 Å². The van der Waals surface area contributed by atoms with E-state index in [-0.39, 0.29) is 18.0 Å². The molecule has 1 unspecified atom stereocenters. The van der Waals surface area contributed by atoms with Crippen molar-refractivity contribution in [2.45, 2.75) is 25.8 Å². The molecular weight excluding hydrogens is 282 g/mol. The number of carboxylic acids is 1. The minimum absolute atomic E-state index is 0.169. The standard InChI is InChI=1S/C16H19N3O3/c1-11(13-4-2-12(10-17)3-5-13)18-16(22)19-8-6-14(7-9-19)15(20)21/h2-5,11,14H,6-9H2,1H3,(H,18,22)(H,20,21). The Balaban J connectivity index is 1.89. The number of urea groups is 1. The fraction of sp³-hybridized carbons (Fsp3) is 0.438. The molecule has 0 radical (unpaired) electrons. The Hall–Kier alpha value is -2.55. The third-order valence-corrected chi connectivity index (χ3v) is 4.01. The summed E-state index contributed by atoms with van der Waals surface area (Å²) < 4.78 is 0. The maximum Gasteiger partial charge on any atom is 0.317 e. The average Bonchev–Trinajstić information content (AvgIpc) is 2.54. The number of likely N-dealkylation sites (tertiary alicyclic amines) is 1. The largest absolute Gasteiger partial charge is 0.481 e. The SMILES string of the molecule is CC(NC(=O)N1CCC(C(=O)O)CC1)c1ccc(C#N)cc1. The van der Waals surface area contributed by atoms with Crippen molar-refractivity contribution in [1.29, 1.82) is 5.26 Å². The van der Waals surface area contributed by atoms with Gasteiger partial charge < -0.3 is 15.3 Å². The van der Waals surface area contributed by atoms with E-state index < -0.39 is 5.97 Å². The Bertz CT molecular complexity index is 584. The van der Waals surface area contributed by atoms with Gasteiger partial charge in [0, 0.05) is 13.1 Å². The maximum absolute atomic E-state index is 12.2. The first-order valence-corrected chi connectivity index (χ1v) is 7.29. The highest BCUT2D eigenvalue weighted by Crippen LogP contribution is 2.19. The third-order valence-electron chi connectivity index (χ3n) is 4.01. The molecular formula is C16H19N3O3. The molecule has 0 aliphatic carbocycles. The second-order valence-corrected chi connectivity index (χ2v) is 5.50. The van der Waals surface area contributed by atoms with Crippen LogP contribution in [0.3, 0.4) is 0 Å². The summed E-state index contributed by atoms with van der Waals surface area (Å²) in [6, 6.07) is 8.78. The number of hydrogen-bond donors (Lipinski definition) is 2. The van der Waals surface area contributed by atoms with Gasteiger partial charge in [-0.2, -0.15) is 5.26 Å². The van der Waals surface area contributed by atoms with E-state index in [2.05, 4.69) is 11.4 Å². The molecule has 0 bridgehead atoms. The van der Waals surface area contributed by atoms with Gasteiger partial charge in [-0.05, 0) is 37.5 Å². The zero-order valence-corrected chi connectivity index (χ0v) is 12.5. The Labute approximate surface area is 129 Å². The molecule has 1 fully saturated rings. The Morgan fingerprint density at radius 2 is 1.91 bits per heavy atom. The van der Waals surface area contributed by atoms with Gasteiger partial charge in [0.2, 0.25) is 0 Å². The van der Waals surface area contributed by atoms with Gasteiger partial charge in [0.05, 0.1) is 23.6 Å². The molecule has 0 saturated carbocycles. The summed E-state index contributed by atoms with van der Waals surface area (Å²) in [5.74, 6) is -1.13. The lowest BCUT2D eigenvalue weighted by Gasteiger charge is -2.31. The fourth-order valence-corrected chi connectivity index (χ4v) is 2.54. The first kappa shape index (κ1) is 15.8. The average molecular weight is 301 g/mol. The van der Waals surface area contributed by atoms with Crippen LogP contribution < -0.4 is 5.32 Å². The van der Waals surface area contributed by atoms with E-state index in [1.807, 2.05) is 19.1 Å². The molecule has 6 heteroatoms. The number of hydrogen-bond acceptors (Lipinski definition) is 3. The van der Waals surface area contributed by atoms with Crippen molar-refractivity contribution in [2.75, 3.05) is 13.1 Å². The smallest absolute Gasteiger partial charge is 0.317 e. The highest BCUT2D eigenvalue weighted by atomic mass is 16.4. The van der Waals surface area contributed by atoms with Crippen molar-refractivity contribution >= 4 is 12.0 Å². The lowest BCUT2D eigenvalue weighted by atomic mass is 9.97. The van der Waals surface area contributed by atoms with Crippen molar-refractivity contribution in [2.24, 2.45) is 5.92 Å². The second-order valence-electron chi connectivity index (χ2n) is 5.50. The number of aliphatic carboxylic acids is 1. The molecule has 1 aliphatic heterocycles.